The smallest absolute Gasteiger partial charge is 0.266 e. The number of thiocarbonyl (C=S) groups is 1. The summed E-state index contributed by atoms with van der Waals surface area (Å²) in [7, 11) is 0. The number of carbonyl (C=O) groups is 2. The van der Waals surface area contributed by atoms with Crippen molar-refractivity contribution in [1.29, 1.82) is 0 Å². The monoisotopic (exact) mass is 376 g/mol. The van der Waals surface area contributed by atoms with Crippen LogP contribution in [-0.4, -0.2) is 32.7 Å². The number of phenolic OH excluding ortho intramolecular Hbond substituents is 1. The van der Waals surface area contributed by atoms with Crippen molar-refractivity contribution in [2.75, 3.05) is 11.9 Å². The van der Waals surface area contributed by atoms with E-state index in [1.54, 1.807) is 18.2 Å². The number of nitrogens with zero attached hydrogens (tertiary/aromatic N) is 1. The van der Waals surface area contributed by atoms with E-state index in [0.29, 0.717) is 14.9 Å². The number of anilines is 1. The normalized spacial score (nSPS) is 16.0. The molecule has 5 nitrogen and oxygen atoms in total. The van der Waals surface area contributed by atoms with Crippen LogP contribution in [0.15, 0.2) is 46.7 Å². The molecule has 1 aliphatic rings. The number of rotatable bonds is 4. The number of benzene rings is 1. The van der Waals surface area contributed by atoms with Crippen molar-refractivity contribution in [3.8, 4) is 5.75 Å². The second kappa shape index (κ2) is 7.16. The van der Waals surface area contributed by atoms with Gasteiger partial charge in [-0.1, -0.05) is 36.1 Å². The summed E-state index contributed by atoms with van der Waals surface area (Å²) < 4.78 is 0.355. The van der Waals surface area contributed by atoms with E-state index in [2.05, 4.69) is 5.32 Å². The molecule has 0 radical (unpaired) electrons. The molecular weight excluding hydrogens is 364 g/mol. The Bertz CT molecular complexity index is 831. The van der Waals surface area contributed by atoms with Crippen molar-refractivity contribution in [3.63, 3.8) is 0 Å². The Morgan fingerprint density at radius 3 is 2.88 bits per heavy atom. The molecule has 1 saturated heterocycles. The van der Waals surface area contributed by atoms with E-state index in [4.69, 9.17) is 12.2 Å². The van der Waals surface area contributed by atoms with Crippen molar-refractivity contribution in [1.82, 2.24) is 4.90 Å². The highest BCUT2D eigenvalue weighted by atomic mass is 32.2. The highest BCUT2D eigenvalue weighted by molar-refractivity contribution is 8.26. The second-order valence-electron chi connectivity index (χ2n) is 4.88. The van der Waals surface area contributed by atoms with Gasteiger partial charge in [0.15, 0.2) is 0 Å². The summed E-state index contributed by atoms with van der Waals surface area (Å²) in [6, 6.07) is 10.0. The van der Waals surface area contributed by atoms with E-state index < -0.39 is 0 Å². The van der Waals surface area contributed by atoms with E-state index in [1.165, 1.54) is 40.1 Å². The topological polar surface area (TPSA) is 69.6 Å². The molecular formula is C16H12N2O3S3. The minimum absolute atomic E-state index is 0.0530. The number of nitrogens with one attached hydrogen (secondary N) is 1. The molecule has 24 heavy (non-hydrogen) atoms. The summed E-state index contributed by atoms with van der Waals surface area (Å²) in [4.78, 5) is 27.3. The Kier molecular flexibility index (Phi) is 4.98. The number of hydrogen-bond acceptors (Lipinski definition) is 6. The first kappa shape index (κ1) is 16.7. The number of hydrogen-bond donors (Lipinski definition) is 2. The summed E-state index contributed by atoms with van der Waals surface area (Å²) in [6.07, 6.45) is 1.77. The van der Waals surface area contributed by atoms with Gasteiger partial charge in [0.25, 0.3) is 5.91 Å². The van der Waals surface area contributed by atoms with E-state index in [1.807, 2.05) is 17.5 Å². The fourth-order valence-electron chi connectivity index (χ4n) is 2.07. The molecule has 0 bridgehead atoms. The quantitative estimate of drug-likeness (QED) is 0.633. The van der Waals surface area contributed by atoms with Gasteiger partial charge in [0.05, 0.1) is 4.91 Å². The molecule has 0 saturated carbocycles. The minimum Gasteiger partial charge on any atom is -0.508 e. The molecule has 1 fully saturated rings. The Balaban J connectivity index is 1.67. The highest BCUT2D eigenvalue weighted by Gasteiger charge is 2.33. The largest absolute Gasteiger partial charge is 0.508 e. The molecule has 1 aromatic carbocycles. The lowest BCUT2D eigenvalue weighted by Gasteiger charge is -2.14. The van der Waals surface area contributed by atoms with Crippen LogP contribution < -0.4 is 5.32 Å². The van der Waals surface area contributed by atoms with Gasteiger partial charge in [-0.05, 0) is 29.7 Å². The third kappa shape index (κ3) is 3.84. The van der Waals surface area contributed by atoms with E-state index >= 15 is 0 Å². The third-order valence-electron chi connectivity index (χ3n) is 3.12. The molecule has 2 aromatic rings. The number of amides is 2. The number of aromatic hydroxyl groups is 1. The van der Waals surface area contributed by atoms with Crippen LogP contribution in [0.1, 0.15) is 4.88 Å². The Morgan fingerprint density at radius 2 is 2.17 bits per heavy atom. The van der Waals surface area contributed by atoms with Gasteiger partial charge in [-0.25, -0.2) is 0 Å². The van der Waals surface area contributed by atoms with Crippen LogP contribution in [0.3, 0.4) is 0 Å². The van der Waals surface area contributed by atoms with Crippen molar-refractivity contribution >= 4 is 63.2 Å². The Labute approximate surface area is 152 Å². The lowest BCUT2D eigenvalue weighted by Crippen LogP contribution is -2.36. The predicted molar refractivity (Wildman–Crippen MR) is 101 cm³/mol. The van der Waals surface area contributed by atoms with E-state index in [0.717, 1.165) is 4.88 Å². The van der Waals surface area contributed by atoms with Crippen LogP contribution in [0.25, 0.3) is 6.08 Å². The molecule has 8 heteroatoms. The van der Waals surface area contributed by atoms with Gasteiger partial charge in [0.1, 0.15) is 16.6 Å². The fourth-order valence-corrected chi connectivity index (χ4v) is 4.04. The fraction of sp³-hybridized carbons (Fsp3) is 0.0625. The van der Waals surface area contributed by atoms with E-state index in [9.17, 15) is 14.7 Å². The van der Waals surface area contributed by atoms with Gasteiger partial charge in [0.2, 0.25) is 5.91 Å². The maximum absolute atomic E-state index is 12.4. The average molecular weight is 376 g/mol. The predicted octanol–water partition coefficient (Wildman–Crippen LogP) is 3.29. The van der Waals surface area contributed by atoms with Crippen LogP contribution in [0, 0.1) is 0 Å². The maximum atomic E-state index is 12.4. The summed E-state index contributed by atoms with van der Waals surface area (Å²) in [5.74, 6) is -0.601. The average Bonchev–Trinajstić information content (AvgIpc) is 3.12. The minimum atomic E-state index is -0.380. The first-order valence-electron chi connectivity index (χ1n) is 6.91. The van der Waals surface area contributed by atoms with Gasteiger partial charge in [-0.3, -0.25) is 14.5 Å². The Morgan fingerprint density at radius 1 is 1.33 bits per heavy atom. The zero-order chi connectivity index (χ0) is 17.1. The summed E-state index contributed by atoms with van der Waals surface area (Å²) in [6.45, 7) is -0.165. The van der Waals surface area contributed by atoms with Crippen LogP contribution in [0.2, 0.25) is 0 Å². The van der Waals surface area contributed by atoms with E-state index in [-0.39, 0.29) is 24.1 Å². The molecule has 1 aromatic heterocycles. The zero-order valence-corrected chi connectivity index (χ0v) is 14.7. The van der Waals surface area contributed by atoms with Gasteiger partial charge >= 0.3 is 0 Å². The molecule has 1 aliphatic heterocycles. The van der Waals surface area contributed by atoms with Crippen LogP contribution >= 0.6 is 35.3 Å². The van der Waals surface area contributed by atoms with Crippen molar-refractivity contribution < 1.29 is 14.7 Å². The molecule has 2 amide bonds. The summed E-state index contributed by atoms with van der Waals surface area (Å²) in [5.41, 5.74) is 0.458. The van der Waals surface area contributed by atoms with Crippen molar-refractivity contribution in [2.24, 2.45) is 0 Å². The maximum Gasteiger partial charge on any atom is 0.266 e. The van der Waals surface area contributed by atoms with Gasteiger partial charge in [-0.15, -0.1) is 11.3 Å². The first-order valence-corrected chi connectivity index (χ1v) is 9.01. The molecule has 0 unspecified atom stereocenters. The Hall–Kier alpha value is -2.16. The van der Waals surface area contributed by atoms with Crippen LogP contribution in [0.4, 0.5) is 5.69 Å². The van der Waals surface area contributed by atoms with Crippen LogP contribution in [0.5, 0.6) is 5.75 Å². The molecule has 2 N–H and O–H groups in total. The van der Waals surface area contributed by atoms with Gasteiger partial charge in [-0.2, -0.15) is 0 Å². The summed E-state index contributed by atoms with van der Waals surface area (Å²) >= 11 is 7.92. The molecule has 2 heterocycles. The first-order chi connectivity index (χ1) is 11.5. The molecule has 0 atom stereocenters. The lowest BCUT2D eigenvalue weighted by molar-refractivity contribution is -0.126. The molecule has 0 spiro atoms. The number of thiophene rings is 1. The van der Waals surface area contributed by atoms with Crippen molar-refractivity contribution in [3.05, 3.63) is 51.6 Å². The lowest BCUT2D eigenvalue weighted by atomic mass is 10.3. The standard InChI is InChI=1S/C16H12N2O3S3/c19-11-4-1-3-10(7-11)17-14(20)9-18-15(21)13(24-16(18)22)8-12-5-2-6-23-12/h1-8,19H,9H2,(H,17,20). The second-order valence-corrected chi connectivity index (χ2v) is 7.54. The third-order valence-corrected chi connectivity index (χ3v) is 5.32. The molecule has 0 aliphatic carbocycles. The highest BCUT2D eigenvalue weighted by Crippen LogP contribution is 2.33. The SMILES string of the molecule is O=C(CN1C(=O)C(=Cc2cccs2)SC1=S)Nc1cccc(O)c1. The number of carbonyl (C=O) groups excluding carboxylic acids is 2. The van der Waals surface area contributed by atoms with Crippen molar-refractivity contribution in [2.45, 2.75) is 0 Å². The molecule has 122 valence electrons. The number of phenols is 1. The van der Waals surface area contributed by atoms with Gasteiger partial charge in [0, 0.05) is 16.6 Å². The van der Waals surface area contributed by atoms with Gasteiger partial charge < -0.3 is 10.4 Å². The van der Waals surface area contributed by atoms with Crippen LogP contribution in [-0.2, 0) is 9.59 Å². The summed E-state index contributed by atoms with van der Waals surface area (Å²) in [5, 5.41) is 14.0. The number of thioether (sulfide) groups is 1. The zero-order valence-electron chi connectivity index (χ0n) is 12.3. The molecule has 3 rings (SSSR count).